The molecule has 180 valence electrons. The summed E-state index contributed by atoms with van der Waals surface area (Å²) in [6, 6.07) is 9.37. The van der Waals surface area contributed by atoms with Gasteiger partial charge in [-0.1, -0.05) is 29.3 Å². The highest BCUT2D eigenvalue weighted by molar-refractivity contribution is 6.34. The fourth-order valence-electron chi connectivity index (χ4n) is 3.07. The number of benzene rings is 2. The van der Waals surface area contributed by atoms with Crippen molar-refractivity contribution in [1.29, 1.82) is 0 Å². The standard InChI is InChI=1S/C22H15ClF4N6O2/c1-11-2-5-13(6-3-11)33-18(22(25,26)27)14(9-31-33)20(34)32-12-4-7-16(15(24)8-12)35-21-17(23)19(28)29-10-30-21/h2-10H,1H3,(H,32,34)(H2,28,29,30). The smallest absolute Gasteiger partial charge is 0.434 e. The zero-order chi connectivity index (χ0) is 25.3. The van der Waals surface area contributed by atoms with Gasteiger partial charge in [0.05, 0.1) is 17.4 Å². The second kappa shape index (κ2) is 9.22. The number of anilines is 2. The molecule has 2 aromatic carbocycles. The number of nitrogens with zero attached hydrogens (tertiary/aromatic N) is 4. The lowest BCUT2D eigenvalue weighted by molar-refractivity contribution is -0.143. The Labute approximate surface area is 200 Å². The molecule has 0 saturated carbocycles. The Morgan fingerprint density at radius 2 is 1.86 bits per heavy atom. The molecule has 0 unspecified atom stereocenters. The van der Waals surface area contributed by atoms with E-state index < -0.39 is 29.2 Å². The van der Waals surface area contributed by atoms with Gasteiger partial charge < -0.3 is 15.8 Å². The predicted octanol–water partition coefficient (Wildman–Crippen LogP) is 5.41. The molecule has 8 nitrogen and oxygen atoms in total. The number of rotatable bonds is 5. The lowest BCUT2D eigenvalue weighted by Gasteiger charge is -2.13. The third-order valence-corrected chi connectivity index (χ3v) is 5.10. The molecule has 0 saturated heterocycles. The number of halogens is 5. The fraction of sp³-hybridized carbons (Fsp3) is 0.0909. The van der Waals surface area contributed by atoms with E-state index >= 15 is 0 Å². The Kier molecular flexibility index (Phi) is 6.31. The minimum atomic E-state index is -4.89. The van der Waals surface area contributed by atoms with Crippen LogP contribution in [0.5, 0.6) is 11.6 Å². The number of carbonyl (C=O) groups is 1. The van der Waals surface area contributed by atoms with E-state index in [9.17, 15) is 22.4 Å². The van der Waals surface area contributed by atoms with E-state index in [1.54, 1.807) is 19.1 Å². The van der Waals surface area contributed by atoms with Crippen molar-refractivity contribution in [2.75, 3.05) is 11.1 Å². The van der Waals surface area contributed by atoms with Crippen molar-refractivity contribution in [3.63, 3.8) is 0 Å². The number of hydrogen-bond acceptors (Lipinski definition) is 6. The maximum absolute atomic E-state index is 14.6. The molecule has 0 fully saturated rings. The van der Waals surface area contributed by atoms with Gasteiger partial charge in [-0.25, -0.2) is 14.1 Å². The number of ether oxygens (including phenoxy) is 1. The number of nitrogens with one attached hydrogen (secondary N) is 1. The first-order valence-corrected chi connectivity index (χ1v) is 10.2. The highest BCUT2D eigenvalue weighted by Crippen LogP contribution is 2.35. The fourth-order valence-corrected chi connectivity index (χ4v) is 3.21. The Morgan fingerprint density at radius 3 is 2.51 bits per heavy atom. The van der Waals surface area contributed by atoms with Gasteiger partial charge in [0, 0.05) is 11.8 Å². The van der Waals surface area contributed by atoms with Crippen molar-refractivity contribution < 1.29 is 27.1 Å². The molecule has 1 amide bonds. The van der Waals surface area contributed by atoms with Crippen LogP contribution >= 0.6 is 11.6 Å². The van der Waals surface area contributed by atoms with E-state index in [4.69, 9.17) is 22.1 Å². The molecular formula is C22H15ClF4N6O2. The molecule has 0 aliphatic rings. The maximum Gasteiger partial charge on any atom is 0.434 e. The first kappa shape index (κ1) is 24.0. The van der Waals surface area contributed by atoms with Crippen LogP contribution in [0.25, 0.3) is 5.69 Å². The highest BCUT2D eigenvalue weighted by atomic mass is 35.5. The summed E-state index contributed by atoms with van der Waals surface area (Å²) in [7, 11) is 0. The lowest BCUT2D eigenvalue weighted by Crippen LogP contribution is -2.20. The largest absolute Gasteiger partial charge is 0.434 e. The average Bonchev–Trinajstić information content (AvgIpc) is 3.25. The Balaban J connectivity index is 1.60. The third kappa shape index (κ3) is 5.01. The Morgan fingerprint density at radius 1 is 1.14 bits per heavy atom. The molecule has 4 rings (SSSR count). The molecule has 0 aliphatic carbocycles. The van der Waals surface area contributed by atoms with Gasteiger partial charge in [-0.2, -0.15) is 23.3 Å². The van der Waals surface area contributed by atoms with E-state index in [0.717, 1.165) is 30.2 Å². The van der Waals surface area contributed by atoms with Gasteiger partial charge in [0.1, 0.15) is 17.2 Å². The number of aromatic nitrogens is 4. The predicted molar refractivity (Wildman–Crippen MR) is 119 cm³/mol. The first-order valence-electron chi connectivity index (χ1n) is 9.81. The van der Waals surface area contributed by atoms with Crippen molar-refractivity contribution >= 4 is 29.0 Å². The molecule has 3 N–H and O–H groups in total. The van der Waals surface area contributed by atoms with E-state index in [1.165, 1.54) is 18.2 Å². The summed E-state index contributed by atoms with van der Waals surface area (Å²) < 4.78 is 62.0. The summed E-state index contributed by atoms with van der Waals surface area (Å²) in [5, 5.41) is 5.85. The van der Waals surface area contributed by atoms with Crippen LogP contribution in [-0.2, 0) is 6.18 Å². The summed E-state index contributed by atoms with van der Waals surface area (Å²) >= 11 is 5.91. The van der Waals surface area contributed by atoms with Gasteiger partial charge in [0.2, 0.25) is 5.88 Å². The molecule has 35 heavy (non-hydrogen) atoms. The molecule has 0 aliphatic heterocycles. The first-order chi connectivity index (χ1) is 16.5. The van der Waals surface area contributed by atoms with Gasteiger partial charge in [0.15, 0.2) is 17.3 Å². The molecule has 0 atom stereocenters. The van der Waals surface area contributed by atoms with Crippen LogP contribution in [0.3, 0.4) is 0 Å². The van der Waals surface area contributed by atoms with Crippen LogP contribution in [0.4, 0.5) is 29.1 Å². The van der Waals surface area contributed by atoms with Gasteiger partial charge >= 0.3 is 6.18 Å². The molecule has 2 aromatic heterocycles. The minimum absolute atomic E-state index is 0.0763. The lowest BCUT2D eigenvalue weighted by atomic mass is 10.2. The van der Waals surface area contributed by atoms with Gasteiger partial charge in [-0.15, -0.1) is 0 Å². The van der Waals surface area contributed by atoms with E-state index in [0.29, 0.717) is 4.68 Å². The Bertz CT molecular complexity index is 1410. The van der Waals surface area contributed by atoms with Crippen LogP contribution in [0.2, 0.25) is 5.02 Å². The number of amides is 1. The zero-order valence-corrected chi connectivity index (χ0v) is 18.5. The van der Waals surface area contributed by atoms with Crippen molar-refractivity contribution in [3.05, 3.63) is 82.6 Å². The summed E-state index contributed by atoms with van der Waals surface area (Å²) in [6.45, 7) is 1.78. The summed E-state index contributed by atoms with van der Waals surface area (Å²) in [4.78, 5) is 20.1. The number of hydrogen-bond donors (Lipinski definition) is 2. The van der Waals surface area contributed by atoms with Crippen LogP contribution < -0.4 is 15.8 Å². The monoisotopic (exact) mass is 506 g/mol. The second-order valence-corrected chi connectivity index (χ2v) is 7.61. The molecule has 2 heterocycles. The van der Waals surface area contributed by atoms with Crippen LogP contribution in [0, 0.1) is 12.7 Å². The van der Waals surface area contributed by atoms with Crippen LogP contribution in [-0.4, -0.2) is 25.7 Å². The number of aryl methyl sites for hydroxylation is 1. The minimum Gasteiger partial charge on any atom is -0.434 e. The SMILES string of the molecule is Cc1ccc(-n2ncc(C(=O)Nc3ccc(Oc4ncnc(N)c4Cl)c(F)c3)c2C(F)(F)F)cc1. The highest BCUT2D eigenvalue weighted by Gasteiger charge is 2.40. The van der Waals surface area contributed by atoms with Crippen molar-refractivity contribution in [2.45, 2.75) is 13.1 Å². The normalized spacial score (nSPS) is 11.4. The van der Waals surface area contributed by atoms with Gasteiger partial charge in [-0.05, 0) is 31.2 Å². The van der Waals surface area contributed by atoms with E-state index in [1.807, 2.05) is 0 Å². The molecule has 0 bridgehead atoms. The topological polar surface area (TPSA) is 108 Å². The molecule has 4 aromatic rings. The summed E-state index contributed by atoms with van der Waals surface area (Å²) in [6.07, 6.45) is -3.03. The molecular weight excluding hydrogens is 492 g/mol. The van der Waals surface area contributed by atoms with Crippen molar-refractivity contribution in [2.24, 2.45) is 0 Å². The molecule has 0 radical (unpaired) electrons. The number of alkyl halides is 3. The summed E-state index contributed by atoms with van der Waals surface area (Å²) in [5.41, 5.74) is 4.38. The zero-order valence-electron chi connectivity index (χ0n) is 17.8. The quantitative estimate of drug-likeness (QED) is 0.350. The van der Waals surface area contributed by atoms with E-state index in [-0.39, 0.29) is 33.8 Å². The Hall–Kier alpha value is -4.19. The second-order valence-electron chi connectivity index (χ2n) is 7.23. The van der Waals surface area contributed by atoms with Gasteiger partial charge in [-0.3, -0.25) is 4.79 Å². The average molecular weight is 507 g/mol. The molecule has 0 spiro atoms. The van der Waals surface area contributed by atoms with Gasteiger partial charge in [0.25, 0.3) is 5.91 Å². The van der Waals surface area contributed by atoms with Crippen LogP contribution in [0.1, 0.15) is 21.6 Å². The maximum atomic E-state index is 14.6. The van der Waals surface area contributed by atoms with Crippen LogP contribution in [0.15, 0.2) is 55.0 Å². The van der Waals surface area contributed by atoms with E-state index in [2.05, 4.69) is 20.4 Å². The number of nitrogen functional groups attached to an aromatic ring is 1. The summed E-state index contributed by atoms with van der Waals surface area (Å²) in [5.74, 6) is -2.66. The molecule has 13 heteroatoms. The number of carbonyl (C=O) groups excluding carboxylic acids is 1. The number of nitrogens with two attached hydrogens (primary N) is 1. The van der Waals surface area contributed by atoms with Crippen molar-refractivity contribution in [3.8, 4) is 17.3 Å². The third-order valence-electron chi connectivity index (χ3n) is 4.74. The van der Waals surface area contributed by atoms with Crippen molar-refractivity contribution in [1.82, 2.24) is 19.7 Å².